The predicted molar refractivity (Wildman–Crippen MR) is 96.3 cm³/mol. The van der Waals surface area contributed by atoms with Crippen molar-refractivity contribution < 1.29 is 13.2 Å². The van der Waals surface area contributed by atoms with Crippen LogP contribution >= 0.6 is 15.9 Å². The Balaban J connectivity index is 2.20. The van der Waals surface area contributed by atoms with E-state index < -0.39 is 8.32 Å². The van der Waals surface area contributed by atoms with Crippen LogP contribution in [0.2, 0.25) is 18.1 Å². The zero-order valence-corrected chi connectivity index (χ0v) is 17.0. The first-order valence-electron chi connectivity index (χ1n) is 7.60. The molecule has 0 saturated heterocycles. The largest absolute Gasteiger partial charge is 0.446 e. The maximum atomic E-state index is 13.3. The lowest BCUT2D eigenvalue weighted by Gasteiger charge is -2.37. The zero-order valence-electron chi connectivity index (χ0n) is 14.4. The van der Waals surface area contributed by atoms with Gasteiger partial charge in [-0.1, -0.05) is 20.8 Å². The molecule has 0 N–H and O–H groups in total. The Bertz CT molecular complexity index is 694. The molecule has 0 fully saturated rings. The number of hydrogen-bond acceptors (Lipinski definition) is 3. The molecular weight excluding hydrogens is 377 g/mol. The highest BCUT2D eigenvalue weighted by atomic mass is 79.9. The van der Waals surface area contributed by atoms with E-state index in [2.05, 4.69) is 54.8 Å². The molecule has 1 aromatic carbocycles. The predicted octanol–water partition coefficient (Wildman–Crippen LogP) is 6.33. The van der Waals surface area contributed by atoms with Crippen LogP contribution in [-0.4, -0.2) is 13.3 Å². The molecule has 126 valence electrons. The van der Waals surface area contributed by atoms with Crippen LogP contribution in [0.15, 0.2) is 33.4 Å². The fourth-order valence-electron chi connectivity index (χ4n) is 1.93. The molecule has 0 radical (unpaired) electrons. The van der Waals surface area contributed by atoms with Crippen molar-refractivity contribution in [3.63, 3.8) is 0 Å². The van der Waals surface area contributed by atoms with E-state index in [1.165, 1.54) is 6.07 Å². The fraction of sp³-hybridized carbons (Fsp3) is 0.471. The SMILES string of the molecule is CC(O[Si](C)(C)C(C)(C)C)c1nc(-c2ccc(F)c(Br)c2)co1. The maximum Gasteiger partial charge on any atom is 0.222 e. The molecule has 0 aliphatic heterocycles. The summed E-state index contributed by atoms with van der Waals surface area (Å²) in [5.74, 6) is 0.248. The summed E-state index contributed by atoms with van der Waals surface area (Å²) >= 11 is 3.19. The monoisotopic (exact) mass is 399 g/mol. The molecule has 0 aliphatic rings. The molecule has 6 heteroatoms. The quantitative estimate of drug-likeness (QED) is 0.563. The lowest BCUT2D eigenvalue weighted by atomic mass is 10.2. The molecule has 3 nitrogen and oxygen atoms in total. The maximum absolute atomic E-state index is 13.3. The van der Waals surface area contributed by atoms with E-state index in [0.29, 0.717) is 16.1 Å². The van der Waals surface area contributed by atoms with Crippen molar-refractivity contribution in [2.45, 2.75) is 51.9 Å². The van der Waals surface area contributed by atoms with Gasteiger partial charge in [0.25, 0.3) is 0 Å². The molecule has 0 saturated carbocycles. The first kappa shape index (κ1) is 18.4. The van der Waals surface area contributed by atoms with Crippen LogP contribution in [0.4, 0.5) is 4.39 Å². The van der Waals surface area contributed by atoms with Gasteiger partial charge in [0, 0.05) is 5.56 Å². The minimum absolute atomic E-state index is 0.124. The lowest BCUT2D eigenvalue weighted by molar-refractivity contribution is 0.169. The second-order valence-corrected chi connectivity index (χ2v) is 12.8. The van der Waals surface area contributed by atoms with Gasteiger partial charge in [-0.2, -0.15) is 0 Å². The Morgan fingerprint density at radius 1 is 1.30 bits per heavy atom. The van der Waals surface area contributed by atoms with Crippen molar-refractivity contribution >= 4 is 24.2 Å². The first-order chi connectivity index (χ1) is 10.5. The van der Waals surface area contributed by atoms with E-state index >= 15 is 0 Å². The summed E-state index contributed by atoms with van der Waals surface area (Å²) in [5, 5.41) is 0.124. The minimum atomic E-state index is -1.89. The van der Waals surface area contributed by atoms with Crippen molar-refractivity contribution in [3.05, 3.63) is 40.6 Å². The van der Waals surface area contributed by atoms with Crippen LogP contribution in [-0.2, 0) is 4.43 Å². The van der Waals surface area contributed by atoms with Gasteiger partial charge in [-0.3, -0.25) is 0 Å². The molecule has 0 aliphatic carbocycles. The molecule has 0 bridgehead atoms. The van der Waals surface area contributed by atoms with Gasteiger partial charge in [0.05, 0.1) is 4.47 Å². The van der Waals surface area contributed by atoms with Crippen LogP contribution in [0, 0.1) is 5.82 Å². The zero-order chi connectivity index (χ0) is 17.4. The topological polar surface area (TPSA) is 35.3 Å². The van der Waals surface area contributed by atoms with Crippen molar-refractivity contribution in [1.29, 1.82) is 0 Å². The minimum Gasteiger partial charge on any atom is -0.446 e. The standard InChI is InChI=1S/C17H23BrFNO2Si/c1-11(22-23(5,6)17(2,3)4)16-20-15(10-21-16)12-7-8-14(19)13(18)9-12/h7-11H,1-6H3. The van der Waals surface area contributed by atoms with Crippen LogP contribution < -0.4 is 0 Å². The average molecular weight is 400 g/mol. The van der Waals surface area contributed by atoms with Crippen molar-refractivity contribution in [3.8, 4) is 11.3 Å². The van der Waals surface area contributed by atoms with Crippen LogP contribution in [0.1, 0.15) is 39.7 Å². The lowest BCUT2D eigenvalue weighted by Crippen LogP contribution is -2.41. The summed E-state index contributed by atoms with van der Waals surface area (Å²) in [6.07, 6.45) is 1.37. The van der Waals surface area contributed by atoms with Gasteiger partial charge in [-0.25, -0.2) is 9.37 Å². The molecule has 2 aromatic rings. The van der Waals surface area contributed by atoms with Crippen LogP contribution in [0.25, 0.3) is 11.3 Å². The number of aromatic nitrogens is 1. The molecule has 1 heterocycles. The van der Waals surface area contributed by atoms with Gasteiger partial charge in [0.2, 0.25) is 5.89 Å². The Hall–Kier alpha value is -0.983. The molecule has 1 atom stereocenters. The Kier molecular flexibility index (Phi) is 5.18. The number of oxazole rings is 1. The number of nitrogens with zero attached hydrogens (tertiary/aromatic N) is 1. The third-order valence-corrected chi connectivity index (χ3v) is 9.53. The van der Waals surface area contributed by atoms with Crippen LogP contribution in [0.3, 0.4) is 0 Å². The van der Waals surface area contributed by atoms with Gasteiger partial charge in [-0.05, 0) is 59.2 Å². The van der Waals surface area contributed by atoms with Gasteiger partial charge in [0.15, 0.2) is 8.32 Å². The van der Waals surface area contributed by atoms with Crippen molar-refractivity contribution in [2.75, 3.05) is 0 Å². The number of hydrogen-bond donors (Lipinski definition) is 0. The third-order valence-electron chi connectivity index (χ3n) is 4.36. The highest BCUT2D eigenvalue weighted by Gasteiger charge is 2.39. The highest BCUT2D eigenvalue weighted by molar-refractivity contribution is 9.10. The summed E-state index contributed by atoms with van der Waals surface area (Å²) < 4.78 is 25.6. The molecule has 1 unspecified atom stereocenters. The van der Waals surface area contributed by atoms with Crippen molar-refractivity contribution in [2.24, 2.45) is 0 Å². The second kappa shape index (κ2) is 6.49. The van der Waals surface area contributed by atoms with Gasteiger partial charge in [0.1, 0.15) is 23.9 Å². The van der Waals surface area contributed by atoms with Crippen molar-refractivity contribution in [1.82, 2.24) is 4.98 Å². The van der Waals surface area contributed by atoms with E-state index in [9.17, 15) is 4.39 Å². The summed E-state index contributed by atoms with van der Waals surface area (Å²) in [6, 6.07) is 4.78. The van der Waals surface area contributed by atoms with E-state index in [0.717, 1.165) is 5.56 Å². The molecule has 1 aromatic heterocycles. The Labute approximate surface area is 146 Å². The smallest absolute Gasteiger partial charge is 0.222 e. The second-order valence-electron chi connectivity index (χ2n) is 7.22. The summed E-state index contributed by atoms with van der Waals surface area (Å²) in [4.78, 5) is 4.50. The normalized spacial score (nSPS) is 14.1. The van der Waals surface area contributed by atoms with E-state index in [-0.39, 0.29) is 17.0 Å². The Morgan fingerprint density at radius 3 is 2.52 bits per heavy atom. The van der Waals surface area contributed by atoms with E-state index in [1.54, 1.807) is 18.4 Å². The molecule has 23 heavy (non-hydrogen) atoms. The molecule has 0 spiro atoms. The van der Waals surface area contributed by atoms with Gasteiger partial charge < -0.3 is 8.84 Å². The number of benzene rings is 1. The van der Waals surface area contributed by atoms with Crippen LogP contribution in [0.5, 0.6) is 0 Å². The molecular formula is C17H23BrFNO2Si. The first-order valence-corrected chi connectivity index (χ1v) is 11.3. The summed E-state index contributed by atoms with van der Waals surface area (Å²) in [5.41, 5.74) is 1.47. The summed E-state index contributed by atoms with van der Waals surface area (Å²) in [6.45, 7) is 12.9. The molecule has 0 amide bonds. The third kappa shape index (κ3) is 4.11. The molecule has 2 rings (SSSR count). The van der Waals surface area contributed by atoms with E-state index in [4.69, 9.17) is 8.84 Å². The highest BCUT2D eigenvalue weighted by Crippen LogP contribution is 2.39. The number of halogens is 2. The Morgan fingerprint density at radius 2 is 1.96 bits per heavy atom. The van der Waals surface area contributed by atoms with Gasteiger partial charge in [-0.15, -0.1) is 0 Å². The van der Waals surface area contributed by atoms with E-state index in [1.807, 2.05) is 6.92 Å². The number of rotatable bonds is 4. The summed E-state index contributed by atoms with van der Waals surface area (Å²) in [7, 11) is -1.89. The fourth-order valence-corrected chi connectivity index (χ4v) is 3.65. The average Bonchev–Trinajstić information content (AvgIpc) is 2.90. The van der Waals surface area contributed by atoms with Gasteiger partial charge >= 0.3 is 0 Å².